The van der Waals surface area contributed by atoms with Gasteiger partial charge in [0, 0.05) is 0 Å². The molecule has 0 aromatic heterocycles. The summed E-state index contributed by atoms with van der Waals surface area (Å²) in [5.41, 5.74) is 2.77. The van der Waals surface area contributed by atoms with E-state index in [1.807, 2.05) is 6.92 Å². The molecule has 0 spiro atoms. The fourth-order valence-corrected chi connectivity index (χ4v) is 1.97. The first-order chi connectivity index (χ1) is 8.67. The molecule has 0 unspecified atom stereocenters. The predicted octanol–water partition coefficient (Wildman–Crippen LogP) is 1.72. The van der Waals surface area contributed by atoms with Crippen LogP contribution in [0.25, 0.3) is 0 Å². The zero-order valence-electron chi connectivity index (χ0n) is 10.7. The van der Waals surface area contributed by atoms with Crippen molar-refractivity contribution in [1.29, 1.82) is 5.26 Å². The summed E-state index contributed by atoms with van der Waals surface area (Å²) in [5, 5.41) is 18.4. The van der Waals surface area contributed by atoms with Crippen molar-refractivity contribution in [2.24, 2.45) is 0 Å². The smallest absolute Gasteiger partial charge is 0.310 e. The number of nitrogens with zero attached hydrogens (tertiary/aromatic N) is 1. The first-order valence-electron chi connectivity index (χ1n) is 5.98. The molecule has 4 nitrogen and oxygen atoms in total. The van der Waals surface area contributed by atoms with E-state index in [0.717, 1.165) is 11.1 Å². The number of benzene rings is 1. The molecule has 1 aromatic rings. The topological polar surface area (TPSA) is 70.3 Å². The van der Waals surface area contributed by atoms with Crippen LogP contribution in [0.15, 0.2) is 12.1 Å². The minimum Gasteiger partial charge on any atom is -0.466 e. The van der Waals surface area contributed by atoms with Gasteiger partial charge in [0.15, 0.2) is 0 Å². The summed E-state index contributed by atoms with van der Waals surface area (Å²) in [6, 6.07) is 5.48. The highest BCUT2D eigenvalue weighted by molar-refractivity contribution is 5.74. The number of aliphatic hydroxyl groups is 1. The molecule has 0 radical (unpaired) electrons. The Morgan fingerprint density at radius 2 is 2.11 bits per heavy atom. The fraction of sp³-hybridized carbons (Fsp3) is 0.429. The van der Waals surface area contributed by atoms with Crippen LogP contribution < -0.4 is 0 Å². The van der Waals surface area contributed by atoms with Gasteiger partial charge in [0.2, 0.25) is 0 Å². The standard InChI is InChI=1S/C14H17NO3/c1-3-12-10(8-15)5-6-11(9-16)13(12)7-14(17)18-4-2/h5-6,16H,3-4,7,9H2,1-2H3. The Hall–Kier alpha value is -1.86. The number of carbonyl (C=O) groups excluding carboxylic acids is 1. The number of rotatable bonds is 5. The average molecular weight is 247 g/mol. The van der Waals surface area contributed by atoms with Crippen molar-refractivity contribution in [2.75, 3.05) is 6.61 Å². The van der Waals surface area contributed by atoms with Crippen molar-refractivity contribution < 1.29 is 14.6 Å². The minimum absolute atomic E-state index is 0.0996. The second-order valence-corrected chi connectivity index (χ2v) is 3.83. The number of aliphatic hydroxyl groups excluding tert-OH is 1. The third-order valence-electron chi connectivity index (χ3n) is 2.80. The van der Waals surface area contributed by atoms with E-state index in [2.05, 4.69) is 6.07 Å². The molecule has 0 bridgehead atoms. The van der Waals surface area contributed by atoms with Crippen molar-refractivity contribution in [3.63, 3.8) is 0 Å². The maximum atomic E-state index is 11.6. The van der Waals surface area contributed by atoms with Crippen LogP contribution >= 0.6 is 0 Å². The normalized spacial score (nSPS) is 9.89. The van der Waals surface area contributed by atoms with E-state index in [0.29, 0.717) is 24.2 Å². The molecule has 18 heavy (non-hydrogen) atoms. The van der Waals surface area contributed by atoms with Crippen molar-refractivity contribution in [3.8, 4) is 6.07 Å². The molecule has 1 N–H and O–H groups in total. The number of ether oxygens (including phenoxy) is 1. The molecule has 0 fully saturated rings. The number of hydrogen-bond acceptors (Lipinski definition) is 4. The van der Waals surface area contributed by atoms with E-state index < -0.39 is 0 Å². The summed E-state index contributed by atoms with van der Waals surface area (Å²) in [5.74, 6) is -0.336. The van der Waals surface area contributed by atoms with E-state index in [1.54, 1.807) is 19.1 Å². The summed E-state index contributed by atoms with van der Waals surface area (Å²) in [6.45, 7) is 3.85. The van der Waals surface area contributed by atoms with E-state index in [9.17, 15) is 9.90 Å². The van der Waals surface area contributed by atoms with Gasteiger partial charge < -0.3 is 9.84 Å². The van der Waals surface area contributed by atoms with Gasteiger partial charge in [-0.05, 0) is 36.1 Å². The Morgan fingerprint density at radius 1 is 1.39 bits per heavy atom. The second-order valence-electron chi connectivity index (χ2n) is 3.83. The minimum atomic E-state index is -0.336. The van der Waals surface area contributed by atoms with Gasteiger partial charge in [0.1, 0.15) is 0 Å². The predicted molar refractivity (Wildman–Crippen MR) is 66.8 cm³/mol. The van der Waals surface area contributed by atoms with Crippen LogP contribution in [-0.2, 0) is 29.0 Å². The molecule has 0 aliphatic heterocycles. The Morgan fingerprint density at radius 3 is 2.61 bits per heavy atom. The Kier molecular flexibility index (Phi) is 5.34. The van der Waals surface area contributed by atoms with E-state index in [-0.39, 0.29) is 19.0 Å². The van der Waals surface area contributed by atoms with E-state index in [1.165, 1.54) is 0 Å². The highest BCUT2D eigenvalue weighted by Gasteiger charge is 2.15. The van der Waals surface area contributed by atoms with Crippen LogP contribution in [0.1, 0.15) is 36.1 Å². The average Bonchev–Trinajstić information content (AvgIpc) is 2.38. The molecular formula is C14H17NO3. The molecule has 0 heterocycles. The molecule has 1 aromatic carbocycles. The molecule has 4 heteroatoms. The van der Waals surface area contributed by atoms with Gasteiger partial charge in [0.05, 0.1) is 31.3 Å². The maximum absolute atomic E-state index is 11.6. The second kappa shape index (κ2) is 6.77. The highest BCUT2D eigenvalue weighted by Crippen LogP contribution is 2.21. The zero-order chi connectivity index (χ0) is 13.5. The number of nitriles is 1. The Bertz CT molecular complexity index is 475. The van der Waals surface area contributed by atoms with Crippen LogP contribution in [0.3, 0.4) is 0 Å². The van der Waals surface area contributed by atoms with Crippen molar-refractivity contribution in [2.45, 2.75) is 33.3 Å². The van der Waals surface area contributed by atoms with E-state index in [4.69, 9.17) is 10.00 Å². The van der Waals surface area contributed by atoms with Crippen LogP contribution in [0.4, 0.5) is 0 Å². The molecule has 0 amide bonds. The quantitative estimate of drug-likeness (QED) is 0.804. The lowest BCUT2D eigenvalue weighted by Crippen LogP contribution is -2.12. The first kappa shape index (κ1) is 14.2. The van der Waals surface area contributed by atoms with E-state index >= 15 is 0 Å². The fourth-order valence-electron chi connectivity index (χ4n) is 1.97. The van der Waals surface area contributed by atoms with Crippen molar-refractivity contribution >= 4 is 5.97 Å². The lowest BCUT2D eigenvalue weighted by atomic mass is 9.93. The monoisotopic (exact) mass is 247 g/mol. The molecule has 0 aliphatic carbocycles. The van der Waals surface area contributed by atoms with Crippen molar-refractivity contribution in [1.82, 2.24) is 0 Å². The summed E-state index contributed by atoms with van der Waals surface area (Å²) < 4.78 is 4.91. The Labute approximate surface area is 107 Å². The van der Waals surface area contributed by atoms with Gasteiger partial charge in [-0.25, -0.2) is 0 Å². The lowest BCUT2D eigenvalue weighted by molar-refractivity contribution is -0.142. The zero-order valence-corrected chi connectivity index (χ0v) is 10.7. The number of hydrogen-bond donors (Lipinski definition) is 1. The number of esters is 1. The lowest BCUT2D eigenvalue weighted by Gasteiger charge is -2.13. The molecule has 0 saturated carbocycles. The molecular weight excluding hydrogens is 230 g/mol. The summed E-state index contributed by atoms with van der Waals surface area (Å²) in [7, 11) is 0. The first-order valence-corrected chi connectivity index (χ1v) is 5.98. The third-order valence-corrected chi connectivity index (χ3v) is 2.80. The third kappa shape index (κ3) is 3.08. The molecule has 1 rings (SSSR count). The molecule has 0 atom stereocenters. The van der Waals surface area contributed by atoms with Crippen molar-refractivity contribution in [3.05, 3.63) is 34.4 Å². The van der Waals surface area contributed by atoms with Gasteiger partial charge in [0.25, 0.3) is 0 Å². The van der Waals surface area contributed by atoms with Crippen LogP contribution in [0, 0.1) is 11.3 Å². The van der Waals surface area contributed by atoms with Gasteiger partial charge in [-0.15, -0.1) is 0 Å². The highest BCUT2D eigenvalue weighted by atomic mass is 16.5. The van der Waals surface area contributed by atoms with Gasteiger partial charge >= 0.3 is 5.97 Å². The van der Waals surface area contributed by atoms with Gasteiger partial charge in [-0.2, -0.15) is 5.26 Å². The summed E-state index contributed by atoms with van der Waals surface area (Å²) in [6.07, 6.45) is 0.744. The summed E-state index contributed by atoms with van der Waals surface area (Å²) >= 11 is 0. The molecule has 0 aliphatic rings. The van der Waals surface area contributed by atoms with Crippen LogP contribution in [0.2, 0.25) is 0 Å². The SMILES string of the molecule is CCOC(=O)Cc1c(CO)ccc(C#N)c1CC. The summed E-state index contributed by atoms with van der Waals surface area (Å²) in [4.78, 5) is 11.6. The number of carbonyl (C=O) groups is 1. The van der Waals surface area contributed by atoms with Crippen LogP contribution in [0.5, 0.6) is 0 Å². The van der Waals surface area contributed by atoms with Gasteiger partial charge in [-0.3, -0.25) is 4.79 Å². The Balaban J connectivity index is 3.20. The molecule has 0 saturated heterocycles. The maximum Gasteiger partial charge on any atom is 0.310 e. The van der Waals surface area contributed by atoms with Gasteiger partial charge in [-0.1, -0.05) is 13.0 Å². The largest absolute Gasteiger partial charge is 0.466 e. The van der Waals surface area contributed by atoms with Crippen LogP contribution in [-0.4, -0.2) is 17.7 Å². The molecule has 96 valence electrons.